The third kappa shape index (κ3) is 1.37. The predicted octanol–water partition coefficient (Wildman–Crippen LogP) is 1.42. The molecule has 2 unspecified atom stereocenters. The SMILES string of the molecule is O=C(O)C1C(CO)C1(C(F)(F)F)C(F)(F)F. The van der Waals surface area contributed by atoms with Crippen molar-refractivity contribution in [3.05, 3.63) is 0 Å². The fourth-order valence-corrected chi connectivity index (χ4v) is 2.01. The first-order chi connectivity index (χ1) is 7.01. The number of halogens is 6. The monoisotopic (exact) mass is 252 g/mol. The van der Waals surface area contributed by atoms with Gasteiger partial charge in [0.1, 0.15) is 0 Å². The Bertz CT molecular complexity index is 292. The van der Waals surface area contributed by atoms with Crippen LogP contribution in [0.5, 0.6) is 0 Å². The molecule has 1 saturated carbocycles. The largest absolute Gasteiger partial charge is 0.481 e. The zero-order chi connectivity index (χ0) is 12.9. The zero-order valence-corrected chi connectivity index (χ0v) is 7.43. The van der Waals surface area contributed by atoms with E-state index in [-0.39, 0.29) is 0 Å². The number of carbonyl (C=O) groups is 1. The van der Waals surface area contributed by atoms with Crippen molar-refractivity contribution in [3.8, 4) is 0 Å². The van der Waals surface area contributed by atoms with Crippen LogP contribution in [0.2, 0.25) is 0 Å². The molecule has 1 fully saturated rings. The second-order valence-corrected chi connectivity index (χ2v) is 3.47. The van der Waals surface area contributed by atoms with Crippen molar-refractivity contribution in [2.45, 2.75) is 12.4 Å². The van der Waals surface area contributed by atoms with Gasteiger partial charge in [0, 0.05) is 12.5 Å². The summed E-state index contributed by atoms with van der Waals surface area (Å²) in [5.41, 5.74) is -4.32. The maximum Gasteiger partial charge on any atom is 0.404 e. The first-order valence-corrected chi connectivity index (χ1v) is 3.99. The molecule has 0 heterocycles. The predicted molar refractivity (Wildman–Crippen MR) is 36.2 cm³/mol. The van der Waals surface area contributed by atoms with Crippen molar-refractivity contribution in [2.75, 3.05) is 6.61 Å². The van der Waals surface area contributed by atoms with E-state index in [1.165, 1.54) is 0 Å². The standard InChI is InChI=1S/C7H6F6O3/c8-6(9,10)5(7(11,12)13)2(1-14)3(5)4(15)16/h2-3,14H,1H2,(H,15,16). The minimum atomic E-state index is -5.75. The molecule has 2 N–H and O–H groups in total. The van der Waals surface area contributed by atoms with Crippen LogP contribution in [0.4, 0.5) is 26.3 Å². The first-order valence-electron chi connectivity index (χ1n) is 3.99. The molecule has 0 aromatic heterocycles. The van der Waals surface area contributed by atoms with E-state index in [0.717, 1.165) is 0 Å². The van der Waals surface area contributed by atoms with Gasteiger partial charge in [-0.25, -0.2) is 0 Å². The Labute approximate surface area is 84.7 Å². The highest BCUT2D eigenvalue weighted by Gasteiger charge is 2.91. The van der Waals surface area contributed by atoms with Gasteiger partial charge in [0.25, 0.3) is 0 Å². The van der Waals surface area contributed by atoms with Crippen molar-refractivity contribution in [2.24, 2.45) is 17.3 Å². The van der Waals surface area contributed by atoms with E-state index in [1.807, 2.05) is 0 Å². The molecule has 94 valence electrons. The summed E-state index contributed by atoms with van der Waals surface area (Å²) in [6.07, 6.45) is -11.5. The van der Waals surface area contributed by atoms with Crippen LogP contribution in [0, 0.1) is 17.3 Å². The van der Waals surface area contributed by atoms with Crippen molar-refractivity contribution in [1.82, 2.24) is 0 Å². The van der Waals surface area contributed by atoms with Crippen LogP contribution in [0.15, 0.2) is 0 Å². The van der Waals surface area contributed by atoms with Crippen molar-refractivity contribution < 1.29 is 41.4 Å². The maximum absolute atomic E-state index is 12.3. The van der Waals surface area contributed by atoms with E-state index in [2.05, 4.69) is 0 Å². The number of carboxylic acids is 1. The number of aliphatic carboxylic acids is 1. The molecule has 3 nitrogen and oxygen atoms in total. The number of hydrogen-bond acceptors (Lipinski definition) is 2. The van der Waals surface area contributed by atoms with Crippen LogP contribution in [-0.2, 0) is 4.79 Å². The van der Waals surface area contributed by atoms with Gasteiger partial charge in [-0.15, -0.1) is 0 Å². The molecule has 0 aliphatic heterocycles. The number of alkyl halides is 6. The van der Waals surface area contributed by atoms with Crippen LogP contribution in [-0.4, -0.2) is 35.1 Å². The number of rotatable bonds is 2. The number of aliphatic hydroxyl groups is 1. The van der Waals surface area contributed by atoms with Gasteiger partial charge in [0.05, 0.1) is 5.92 Å². The zero-order valence-electron chi connectivity index (χ0n) is 7.43. The Balaban J connectivity index is 3.25. The van der Waals surface area contributed by atoms with Crippen molar-refractivity contribution >= 4 is 5.97 Å². The van der Waals surface area contributed by atoms with Crippen LogP contribution in [0.25, 0.3) is 0 Å². The smallest absolute Gasteiger partial charge is 0.404 e. The van der Waals surface area contributed by atoms with Crippen molar-refractivity contribution in [1.29, 1.82) is 0 Å². The van der Waals surface area contributed by atoms with E-state index in [0.29, 0.717) is 0 Å². The summed E-state index contributed by atoms with van der Waals surface area (Å²) in [7, 11) is 0. The lowest BCUT2D eigenvalue weighted by atomic mass is 10.0. The van der Waals surface area contributed by atoms with Crippen LogP contribution in [0.1, 0.15) is 0 Å². The average Bonchev–Trinajstić information content (AvgIpc) is 2.70. The quantitative estimate of drug-likeness (QED) is 0.731. The van der Waals surface area contributed by atoms with Crippen LogP contribution >= 0.6 is 0 Å². The Hall–Kier alpha value is -0.990. The van der Waals surface area contributed by atoms with Crippen LogP contribution < -0.4 is 0 Å². The van der Waals surface area contributed by atoms with Gasteiger partial charge in [-0.3, -0.25) is 4.79 Å². The lowest BCUT2D eigenvalue weighted by Gasteiger charge is -2.24. The molecule has 9 heteroatoms. The normalized spacial score (nSPS) is 28.9. The lowest BCUT2D eigenvalue weighted by Crippen LogP contribution is -2.43. The summed E-state index contributed by atoms with van der Waals surface area (Å²) in [6, 6.07) is 0. The third-order valence-electron chi connectivity index (χ3n) is 2.77. The molecule has 0 bridgehead atoms. The van der Waals surface area contributed by atoms with E-state index < -0.39 is 42.2 Å². The molecule has 0 spiro atoms. The highest BCUT2D eigenvalue weighted by Crippen LogP contribution is 2.73. The fourth-order valence-electron chi connectivity index (χ4n) is 2.01. The number of carboxylic acid groups (broad SMARTS) is 1. The molecule has 0 radical (unpaired) electrons. The molecule has 2 atom stereocenters. The Morgan fingerprint density at radius 1 is 1.12 bits per heavy atom. The van der Waals surface area contributed by atoms with Gasteiger partial charge in [0.2, 0.25) is 0 Å². The van der Waals surface area contributed by atoms with Gasteiger partial charge in [-0.1, -0.05) is 0 Å². The van der Waals surface area contributed by atoms with Gasteiger partial charge in [0.15, 0.2) is 5.41 Å². The molecule has 0 aromatic carbocycles. The Kier molecular flexibility index (Phi) is 2.66. The first kappa shape index (κ1) is 13.1. The average molecular weight is 252 g/mol. The van der Waals surface area contributed by atoms with E-state index in [1.54, 1.807) is 0 Å². The van der Waals surface area contributed by atoms with E-state index >= 15 is 0 Å². The summed E-state index contributed by atoms with van der Waals surface area (Å²) in [6.45, 7) is -1.48. The Morgan fingerprint density at radius 3 is 1.56 bits per heavy atom. The summed E-state index contributed by atoms with van der Waals surface area (Å²) in [5, 5.41) is 16.7. The molecule has 0 aromatic rings. The molecular formula is C7H6F6O3. The summed E-state index contributed by atoms with van der Waals surface area (Å²) < 4.78 is 74.1. The summed E-state index contributed by atoms with van der Waals surface area (Å²) in [4.78, 5) is 10.3. The summed E-state index contributed by atoms with van der Waals surface area (Å²) in [5.74, 6) is -7.25. The summed E-state index contributed by atoms with van der Waals surface area (Å²) >= 11 is 0. The highest BCUT2D eigenvalue weighted by molar-refractivity contribution is 5.76. The fraction of sp³-hybridized carbons (Fsp3) is 0.857. The van der Waals surface area contributed by atoms with Gasteiger partial charge < -0.3 is 10.2 Å². The number of hydrogen-bond donors (Lipinski definition) is 2. The molecule has 1 aliphatic rings. The number of aliphatic hydroxyl groups excluding tert-OH is 1. The molecule has 16 heavy (non-hydrogen) atoms. The molecule has 1 aliphatic carbocycles. The van der Waals surface area contributed by atoms with Crippen molar-refractivity contribution in [3.63, 3.8) is 0 Å². The Morgan fingerprint density at radius 2 is 1.50 bits per heavy atom. The van der Waals surface area contributed by atoms with Gasteiger partial charge in [-0.05, 0) is 0 Å². The topological polar surface area (TPSA) is 57.5 Å². The highest BCUT2D eigenvalue weighted by atomic mass is 19.4. The minimum absolute atomic E-state index is 1.48. The molecule has 0 amide bonds. The van der Waals surface area contributed by atoms with Gasteiger partial charge in [-0.2, -0.15) is 26.3 Å². The van der Waals surface area contributed by atoms with E-state index in [4.69, 9.17) is 10.2 Å². The second-order valence-electron chi connectivity index (χ2n) is 3.47. The molecule has 1 rings (SSSR count). The third-order valence-corrected chi connectivity index (χ3v) is 2.77. The van der Waals surface area contributed by atoms with E-state index in [9.17, 15) is 31.1 Å². The van der Waals surface area contributed by atoms with Gasteiger partial charge >= 0.3 is 18.3 Å². The molecular weight excluding hydrogens is 246 g/mol. The minimum Gasteiger partial charge on any atom is -0.481 e. The van der Waals surface area contributed by atoms with Crippen LogP contribution in [0.3, 0.4) is 0 Å². The second kappa shape index (κ2) is 3.25. The lowest BCUT2D eigenvalue weighted by molar-refractivity contribution is -0.310. The molecule has 0 saturated heterocycles. The maximum atomic E-state index is 12.3.